The van der Waals surface area contributed by atoms with Crippen molar-refractivity contribution >= 4 is 28.4 Å². The highest BCUT2D eigenvalue weighted by Crippen LogP contribution is 2.45. The van der Waals surface area contributed by atoms with Crippen molar-refractivity contribution in [1.82, 2.24) is 24.7 Å². The molecule has 3 aromatic carbocycles. The molecule has 9 nitrogen and oxygen atoms in total. The van der Waals surface area contributed by atoms with Crippen LogP contribution in [0.2, 0.25) is 0 Å². The summed E-state index contributed by atoms with van der Waals surface area (Å²) in [5.74, 6) is -0.00564. The van der Waals surface area contributed by atoms with Gasteiger partial charge in [0.25, 0.3) is 5.91 Å². The summed E-state index contributed by atoms with van der Waals surface area (Å²) in [5, 5.41) is 7.50. The lowest BCUT2D eigenvalue weighted by molar-refractivity contribution is -0.137. The summed E-state index contributed by atoms with van der Waals surface area (Å²) in [7, 11) is 3.37. The molecule has 0 radical (unpaired) electrons. The first kappa shape index (κ1) is 29.3. The van der Waals surface area contributed by atoms with Gasteiger partial charge in [-0.1, -0.05) is 12.1 Å². The average Bonchev–Trinajstić information content (AvgIpc) is 3.46. The van der Waals surface area contributed by atoms with Gasteiger partial charge in [0.05, 0.1) is 35.6 Å². The van der Waals surface area contributed by atoms with Gasteiger partial charge in [0.1, 0.15) is 5.75 Å². The van der Waals surface area contributed by atoms with Crippen molar-refractivity contribution in [3.63, 3.8) is 0 Å². The van der Waals surface area contributed by atoms with Crippen LogP contribution in [0.4, 0.5) is 24.8 Å². The summed E-state index contributed by atoms with van der Waals surface area (Å²) in [6, 6.07) is 15.2. The monoisotopic (exact) mass is 609 g/mol. The number of nitrogens with two attached hydrogens (primary N) is 1. The van der Waals surface area contributed by atoms with Crippen LogP contribution in [-0.4, -0.2) is 37.7 Å². The molecule has 0 saturated carbocycles. The van der Waals surface area contributed by atoms with Gasteiger partial charge in [0.15, 0.2) is 0 Å². The first-order valence-corrected chi connectivity index (χ1v) is 13.7. The minimum absolute atomic E-state index is 0.0272. The molecule has 226 valence electrons. The van der Waals surface area contributed by atoms with Crippen molar-refractivity contribution in [1.29, 1.82) is 0 Å². The molecule has 45 heavy (non-hydrogen) atoms. The van der Waals surface area contributed by atoms with E-state index in [1.165, 1.54) is 12.1 Å². The number of aryl methyl sites for hydroxylation is 2. The lowest BCUT2D eigenvalue weighted by Gasteiger charge is -2.19. The molecular formula is C33H26F3N7O2. The van der Waals surface area contributed by atoms with Gasteiger partial charge in [-0.15, -0.1) is 0 Å². The van der Waals surface area contributed by atoms with Crippen LogP contribution in [0.25, 0.3) is 44.4 Å². The van der Waals surface area contributed by atoms with E-state index in [2.05, 4.69) is 25.4 Å². The van der Waals surface area contributed by atoms with Gasteiger partial charge in [0, 0.05) is 53.4 Å². The number of carbonyl (C=O) groups excluding carboxylic acids is 1. The van der Waals surface area contributed by atoms with E-state index in [0.29, 0.717) is 39.0 Å². The number of nitrogens with one attached hydrogen (secondary N) is 1. The summed E-state index contributed by atoms with van der Waals surface area (Å²) in [4.78, 5) is 26.5. The average molecular weight is 610 g/mol. The Labute approximate surface area is 255 Å². The van der Waals surface area contributed by atoms with Crippen LogP contribution < -0.4 is 15.8 Å². The van der Waals surface area contributed by atoms with Crippen molar-refractivity contribution < 1.29 is 22.7 Å². The van der Waals surface area contributed by atoms with Gasteiger partial charge < -0.3 is 15.8 Å². The van der Waals surface area contributed by atoms with E-state index in [1.807, 2.05) is 38.4 Å². The van der Waals surface area contributed by atoms with Crippen LogP contribution in [0.3, 0.4) is 0 Å². The third kappa shape index (κ3) is 5.77. The zero-order valence-electron chi connectivity index (χ0n) is 24.3. The molecule has 3 heterocycles. The van der Waals surface area contributed by atoms with E-state index in [9.17, 15) is 18.0 Å². The first-order chi connectivity index (χ1) is 21.5. The molecule has 0 unspecified atom stereocenters. The summed E-state index contributed by atoms with van der Waals surface area (Å²) in [5.41, 5.74) is 11.0. The highest BCUT2D eigenvalue weighted by molar-refractivity contribution is 6.07. The molecule has 6 rings (SSSR count). The van der Waals surface area contributed by atoms with Crippen molar-refractivity contribution in [2.75, 3.05) is 18.2 Å². The highest BCUT2D eigenvalue weighted by Gasteiger charge is 2.30. The van der Waals surface area contributed by atoms with Crippen molar-refractivity contribution in [2.24, 2.45) is 7.05 Å². The largest absolute Gasteiger partial charge is 0.495 e. The highest BCUT2D eigenvalue weighted by atomic mass is 19.4. The molecule has 0 spiro atoms. The summed E-state index contributed by atoms with van der Waals surface area (Å²) in [6.07, 6.45) is 2.34. The molecule has 6 aromatic rings. The maximum Gasteiger partial charge on any atom is 0.416 e. The van der Waals surface area contributed by atoms with E-state index in [-0.39, 0.29) is 17.2 Å². The molecule has 0 aliphatic rings. The van der Waals surface area contributed by atoms with Gasteiger partial charge in [-0.25, -0.2) is 9.97 Å². The number of aromatic nitrogens is 5. The van der Waals surface area contributed by atoms with E-state index < -0.39 is 17.6 Å². The zero-order chi connectivity index (χ0) is 31.9. The van der Waals surface area contributed by atoms with Crippen LogP contribution in [0.5, 0.6) is 5.75 Å². The number of benzene rings is 3. The number of ether oxygens (including phenoxy) is 1. The third-order valence-electron chi connectivity index (χ3n) is 7.34. The number of hydrogen-bond donors (Lipinski definition) is 2. The minimum atomic E-state index is -4.54. The second-order valence-corrected chi connectivity index (χ2v) is 10.4. The number of fused-ring (bicyclic) bond motifs is 1. The summed E-state index contributed by atoms with van der Waals surface area (Å²) in [6.45, 7) is 1.89. The van der Waals surface area contributed by atoms with E-state index >= 15 is 0 Å². The van der Waals surface area contributed by atoms with Crippen LogP contribution in [-0.2, 0) is 13.2 Å². The number of halogens is 3. The molecule has 1 amide bonds. The SMILES string of the molecule is COc1c(-c2cc(C(=O)Nc3cccc(C(F)(F)F)c3)ccc2C)cc2cnc(N)nc2c1-c1ccnc(-c2cnn(C)c2)c1. The Morgan fingerprint density at radius 3 is 2.53 bits per heavy atom. The predicted octanol–water partition coefficient (Wildman–Crippen LogP) is 6.93. The summed E-state index contributed by atoms with van der Waals surface area (Å²) < 4.78 is 47.4. The van der Waals surface area contributed by atoms with Gasteiger partial charge >= 0.3 is 6.18 Å². The number of amides is 1. The zero-order valence-corrected chi connectivity index (χ0v) is 24.3. The fraction of sp³-hybridized carbons (Fsp3) is 0.121. The molecule has 0 atom stereocenters. The quantitative estimate of drug-likeness (QED) is 0.210. The number of anilines is 2. The lowest BCUT2D eigenvalue weighted by Crippen LogP contribution is -2.13. The predicted molar refractivity (Wildman–Crippen MR) is 166 cm³/mol. The minimum Gasteiger partial charge on any atom is -0.495 e. The van der Waals surface area contributed by atoms with Crippen molar-refractivity contribution in [3.8, 4) is 39.3 Å². The fourth-order valence-electron chi connectivity index (χ4n) is 5.18. The molecule has 0 fully saturated rings. The van der Waals surface area contributed by atoms with Gasteiger partial charge in [-0.3, -0.25) is 14.5 Å². The number of nitrogens with zero attached hydrogens (tertiary/aromatic N) is 5. The standard InChI is InChI=1S/C33H26F3N7O2/c1-18-7-8-20(31(44)41-24-6-4-5-23(14-24)33(34,35)36)11-25(18)26-12-21-15-39-32(37)42-29(21)28(30(26)45-3)19-9-10-38-27(13-19)22-16-40-43(2)17-22/h4-17H,1-3H3,(H,41,44)(H2,37,39,42). The van der Waals surface area contributed by atoms with Gasteiger partial charge in [0.2, 0.25) is 5.95 Å². The molecular weight excluding hydrogens is 583 g/mol. The van der Waals surface area contributed by atoms with E-state index in [4.69, 9.17) is 10.5 Å². The molecule has 0 aliphatic carbocycles. The number of nitrogen functional groups attached to an aromatic ring is 1. The number of alkyl halides is 3. The van der Waals surface area contributed by atoms with Crippen LogP contribution in [0.15, 0.2) is 85.5 Å². The van der Waals surface area contributed by atoms with Gasteiger partial charge in [-0.05, 0) is 72.1 Å². The number of carbonyl (C=O) groups is 1. The Bertz CT molecular complexity index is 2090. The molecule has 0 bridgehead atoms. The second kappa shape index (κ2) is 11.4. The van der Waals surface area contributed by atoms with Gasteiger partial charge in [-0.2, -0.15) is 18.3 Å². The molecule has 3 N–H and O–H groups in total. The smallest absolute Gasteiger partial charge is 0.416 e. The Kier molecular flexibility index (Phi) is 7.41. The molecule has 0 saturated heterocycles. The topological polar surface area (TPSA) is 121 Å². The summed E-state index contributed by atoms with van der Waals surface area (Å²) >= 11 is 0. The lowest BCUT2D eigenvalue weighted by atomic mass is 9.91. The van der Waals surface area contributed by atoms with Crippen LogP contribution >= 0.6 is 0 Å². The first-order valence-electron chi connectivity index (χ1n) is 13.7. The number of hydrogen-bond acceptors (Lipinski definition) is 7. The second-order valence-electron chi connectivity index (χ2n) is 10.4. The third-order valence-corrected chi connectivity index (χ3v) is 7.34. The molecule has 12 heteroatoms. The Morgan fingerprint density at radius 2 is 1.80 bits per heavy atom. The number of pyridine rings is 1. The van der Waals surface area contributed by atoms with Crippen LogP contribution in [0.1, 0.15) is 21.5 Å². The Hall–Kier alpha value is -5.78. The molecule has 3 aromatic heterocycles. The Morgan fingerprint density at radius 1 is 0.978 bits per heavy atom. The molecule has 0 aliphatic heterocycles. The number of methoxy groups -OCH3 is 1. The maximum atomic E-state index is 13.3. The number of rotatable bonds is 6. The Balaban J connectivity index is 1.49. The van der Waals surface area contributed by atoms with E-state index in [1.54, 1.807) is 48.6 Å². The van der Waals surface area contributed by atoms with E-state index in [0.717, 1.165) is 28.8 Å². The maximum absolute atomic E-state index is 13.3. The van der Waals surface area contributed by atoms with Crippen molar-refractivity contribution in [3.05, 3.63) is 102 Å². The fourth-order valence-corrected chi connectivity index (χ4v) is 5.18. The van der Waals surface area contributed by atoms with Crippen LogP contribution in [0, 0.1) is 6.92 Å². The normalized spacial score (nSPS) is 11.5. The van der Waals surface area contributed by atoms with Crippen molar-refractivity contribution in [2.45, 2.75) is 13.1 Å².